The molecule has 0 bridgehead atoms. The predicted molar refractivity (Wildman–Crippen MR) is 149 cm³/mol. The number of anilines is 1. The number of ether oxygens (including phenoxy) is 3. The zero-order valence-electron chi connectivity index (χ0n) is 23.6. The number of nitrogens with one attached hydrogen (secondary N) is 1. The molecule has 1 heterocycles. The van der Waals surface area contributed by atoms with Crippen molar-refractivity contribution in [3.63, 3.8) is 0 Å². The number of tetrazole rings is 1. The lowest BCUT2D eigenvalue weighted by Crippen LogP contribution is -2.49. The number of hydrogen-bond donors (Lipinski definition) is 1. The van der Waals surface area contributed by atoms with E-state index in [4.69, 9.17) is 14.2 Å². The van der Waals surface area contributed by atoms with E-state index in [1.807, 2.05) is 20.8 Å². The van der Waals surface area contributed by atoms with Crippen LogP contribution in [0.2, 0.25) is 0 Å². The molecule has 1 unspecified atom stereocenters. The molecule has 0 aliphatic heterocycles. The van der Waals surface area contributed by atoms with Crippen LogP contribution in [0.1, 0.15) is 42.7 Å². The molecule has 214 valence electrons. The van der Waals surface area contributed by atoms with Crippen molar-refractivity contribution in [3.8, 4) is 22.9 Å². The molecule has 3 aromatic carbocycles. The van der Waals surface area contributed by atoms with E-state index in [0.29, 0.717) is 28.5 Å². The third-order valence-corrected chi connectivity index (χ3v) is 6.04. The predicted octanol–water partition coefficient (Wildman–Crippen LogP) is 4.13. The van der Waals surface area contributed by atoms with Gasteiger partial charge in [-0.3, -0.25) is 14.5 Å². The Bertz CT molecular complexity index is 1490. The zero-order valence-corrected chi connectivity index (χ0v) is 23.6. The summed E-state index contributed by atoms with van der Waals surface area (Å²) in [5.74, 6) is -0.603. The van der Waals surface area contributed by atoms with Crippen LogP contribution in [0.15, 0.2) is 67.0 Å². The zero-order chi connectivity index (χ0) is 29.7. The number of carbonyl (C=O) groups is 2. The van der Waals surface area contributed by atoms with Gasteiger partial charge in [-0.1, -0.05) is 6.07 Å². The van der Waals surface area contributed by atoms with E-state index in [9.17, 15) is 14.0 Å². The Morgan fingerprint density at radius 2 is 1.61 bits per heavy atom. The summed E-state index contributed by atoms with van der Waals surface area (Å²) in [5.41, 5.74) is 0.780. The first-order chi connectivity index (χ1) is 19.6. The molecule has 1 aromatic heterocycles. The minimum Gasteiger partial charge on any atom is -0.493 e. The van der Waals surface area contributed by atoms with Crippen LogP contribution in [0.5, 0.6) is 17.2 Å². The van der Waals surface area contributed by atoms with Crippen LogP contribution in [-0.2, 0) is 4.79 Å². The van der Waals surface area contributed by atoms with Gasteiger partial charge >= 0.3 is 0 Å². The quantitative estimate of drug-likeness (QED) is 0.323. The smallest absolute Gasteiger partial charge is 0.259 e. The SMILES string of the molecule is COc1cc(C(C(=O)NC(C)(C)C)N(C(=O)c2cccc(-n3cnnn3)c2)c2ccc(F)cc2)cc(OC)c1OC. The van der Waals surface area contributed by atoms with Gasteiger partial charge in [0.15, 0.2) is 11.5 Å². The van der Waals surface area contributed by atoms with Crippen LogP contribution in [0.4, 0.5) is 10.1 Å². The summed E-state index contributed by atoms with van der Waals surface area (Å²) in [7, 11) is 4.38. The van der Waals surface area contributed by atoms with E-state index in [-0.39, 0.29) is 11.3 Å². The first-order valence-electron chi connectivity index (χ1n) is 12.6. The molecule has 2 amide bonds. The Kier molecular flexibility index (Phi) is 8.51. The molecule has 0 fully saturated rings. The lowest BCUT2D eigenvalue weighted by Gasteiger charge is -2.34. The van der Waals surface area contributed by atoms with Gasteiger partial charge in [-0.2, -0.15) is 0 Å². The van der Waals surface area contributed by atoms with Crippen molar-refractivity contribution in [1.29, 1.82) is 0 Å². The van der Waals surface area contributed by atoms with Crippen molar-refractivity contribution in [2.24, 2.45) is 0 Å². The number of amides is 2. The fourth-order valence-corrected chi connectivity index (χ4v) is 4.30. The second-order valence-corrected chi connectivity index (χ2v) is 10.1. The third kappa shape index (κ3) is 6.43. The summed E-state index contributed by atoms with van der Waals surface area (Å²) in [6.45, 7) is 5.49. The minimum atomic E-state index is -1.24. The highest BCUT2D eigenvalue weighted by Gasteiger charge is 2.36. The van der Waals surface area contributed by atoms with Gasteiger partial charge in [0.25, 0.3) is 5.91 Å². The van der Waals surface area contributed by atoms with Crippen molar-refractivity contribution in [2.45, 2.75) is 32.4 Å². The third-order valence-electron chi connectivity index (χ3n) is 6.04. The van der Waals surface area contributed by atoms with Crippen LogP contribution in [0.25, 0.3) is 5.69 Å². The second-order valence-electron chi connectivity index (χ2n) is 10.1. The number of rotatable bonds is 9. The monoisotopic (exact) mass is 562 g/mol. The molecule has 0 saturated heterocycles. The molecule has 0 spiro atoms. The second kappa shape index (κ2) is 12.0. The summed E-state index contributed by atoms with van der Waals surface area (Å²) in [6.07, 6.45) is 1.40. The number of halogens is 1. The number of hydrogen-bond acceptors (Lipinski definition) is 8. The molecular formula is C29H31FN6O5. The maximum Gasteiger partial charge on any atom is 0.259 e. The molecule has 0 aliphatic rings. The van der Waals surface area contributed by atoms with E-state index in [2.05, 4.69) is 20.8 Å². The molecule has 41 heavy (non-hydrogen) atoms. The van der Waals surface area contributed by atoms with Gasteiger partial charge in [-0.15, -0.1) is 5.10 Å². The van der Waals surface area contributed by atoms with Gasteiger partial charge in [0.1, 0.15) is 18.2 Å². The highest BCUT2D eigenvalue weighted by atomic mass is 19.1. The van der Waals surface area contributed by atoms with Gasteiger partial charge < -0.3 is 19.5 Å². The Balaban J connectivity index is 1.95. The number of methoxy groups -OCH3 is 3. The summed E-state index contributed by atoms with van der Waals surface area (Å²) in [4.78, 5) is 29.7. The van der Waals surface area contributed by atoms with Crippen molar-refractivity contribution in [2.75, 3.05) is 26.2 Å². The van der Waals surface area contributed by atoms with Crippen molar-refractivity contribution < 1.29 is 28.2 Å². The molecule has 0 saturated carbocycles. The molecule has 1 N–H and O–H groups in total. The van der Waals surface area contributed by atoms with Crippen LogP contribution in [0.3, 0.4) is 0 Å². The summed E-state index contributed by atoms with van der Waals surface area (Å²) in [6, 6.07) is 13.9. The molecule has 4 aromatic rings. The standard InChI is InChI=1S/C29H31FN6O5/c1-29(2,3)32-27(37)25(19-15-23(39-4)26(41-6)24(16-19)40-5)36(21-12-10-20(30)11-13-21)28(38)18-8-7-9-22(14-18)35-17-31-33-34-35/h7-17,25H,1-6H3,(H,32,37). The summed E-state index contributed by atoms with van der Waals surface area (Å²) >= 11 is 0. The fourth-order valence-electron chi connectivity index (χ4n) is 4.30. The normalized spacial score (nSPS) is 11.9. The molecule has 11 nitrogen and oxygen atoms in total. The van der Waals surface area contributed by atoms with E-state index in [1.165, 1.54) is 61.5 Å². The molecular weight excluding hydrogens is 531 g/mol. The minimum absolute atomic E-state index is 0.239. The maximum absolute atomic E-state index is 14.4. The van der Waals surface area contributed by atoms with Crippen LogP contribution >= 0.6 is 0 Å². The number of aromatic nitrogens is 4. The Morgan fingerprint density at radius 1 is 0.951 bits per heavy atom. The molecule has 0 radical (unpaired) electrons. The van der Waals surface area contributed by atoms with Crippen molar-refractivity contribution >= 4 is 17.5 Å². The van der Waals surface area contributed by atoms with Crippen LogP contribution in [-0.4, -0.2) is 58.9 Å². The highest BCUT2D eigenvalue weighted by Crippen LogP contribution is 2.42. The van der Waals surface area contributed by atoms with Gasteiger partial charge in [0, 0.05) is 16.8 Å². The maximum atomic E-state index is 14.4. The molecule has 1 atom stereocenters. The van der Waals surface area contributed by atoms with Crippen molar-refractivity contribution in [1.82, 2.24) is 25.5 Å². The molecule has 0 aliphatic carbocycles. The fraction of sp³-hybridized carbons (Fsp3) is 0.276. The van der Waals surface area contributed by atoms with E-state index < -0.39 is 29.2 Å². The Labute approximate surface area is 236 Å². The van der Waals surface area contributed by atoms with E-state index >= 15 is 0 Å². The van der Waals surface area contributed by atoms with Gasteiger partial charge in [0.05, 0.1) is 27.0 Å². The van der Waals surface area contributed by atoms with Gasteiger partial charge in [0.2, 0.25) is 11.7 Å². The van der Waals surface area contributed by atoms with Gasteiger partial charge in [-0.05, 0) is 91.4 Å². The average molecular weight is 563 g/mol. The summed E-state index contributed by atoms with van der Waals surface area (Å²) in [5, 5.41) is 14.2. The Hall–Kier alpha value is -5.00. The van der Waals surface area contributed by atoms with Crippen LogP contribution in [0, 0.1) is 5.82 Å². The van der Waals surface area contributed by atoms with E-state index in [1.54, 1.807) is 36.4 Å². The first kappa shape index (κ1) is 29.0. The molecule has 12 heteroatoms. The first-order valence-corrected chi connectivity index (χ1v) is 12.6. The van der Waals surface area contributed by atoms with Gasteiger partial charge in [-0.25, -0.2) is 9.07 Å². The summed E-state index contributed by atoms with van der Waals surface area (Å²) < 4.78 is 32.0. The number of carbonyl (C=O) groups excluding carboxylic acids is 2. The number of benzene rings is 3. The van der Waals surface area contributed by atoms with Crippen molar-refractivity contribution in [3.05, 3.63) is 83.9 Å². The molecule has 4 rings (SSSR count). The topological polar surface area (TPSA) is 121 Å². The van der Waals surface area contributed by atoms with Crippen LogP contribution < -0.4 is 24.4 Å². The lowest BCUT2D eigenvalue weighted by molar-refractivity contribution is -0.123. The average Bonchev–Trinajstić information content (AvgIpc) is 3.50. The largest absolute Gasteiger partial charge is 0.493 e. The lowest BCUT2D eigenvalue weighted by atomic mass is 9.98. The highest BCUT2D eigenvalue weighted by molar-refractivity contribution is 6.10. The number of nitrogens with zero attached hydrogens (tertiary/aromatic N) is 5. The van der Waals surface area contributed by atoms with E-state index in [0.717, 1.165) is 0 Å². The Morgan fingerprint density at radius 3 is 2.15 bits per heavy atom.